The molecular formula is C23H24ClN7O. The molecule has 5 rings (SSSR count). The number of nitrogens with zero attached hydrogens (tertiary/aromatic N) is 5. The summed E-state index contributed by atoms with van der Waals surface area (Å²) >= 11 is 6.13. The molecule has 8 nitrogen and oxygen atoms in total. The van der Waals surface area contributed by atoms with Crippen molar-refractivity contribution in [1.82, 2.24) is 25.1 Å². The summed E-state index contributed by atoms with van der Waals surface area (Å²) in [5.74, 6) is 1.91. The Bertz CT molecular complexity index is 1230. The summed E-state index contributed by atoms with van der Waals surface area (Å²) in [4.78, 5) is 12.0. The van der Waals surface area contributed by atoms with Crippen molar-refractivity contribution in [2.75, 3.05) is 43.9 Å². The van der Waals surface area contributed by atoms with Crippen LogP contribution in [-0.2, 0) is 0 Å². The topological polar surface area (TPSA) is 94.1 Å². The summed E-state index contributed by atoms with van der Waals surface area (Å²) in [6.07, 6.45) is 1.03. The Balaban J connectivity index is 1.69. The van der Waals surface area contributed by atoms with Gasteiger partial charge in [-0.2, -0.15) is 4.98 Å². The van der Waals surface area contributed by atoms with E-state index in [9.17, 15) is 0 Å². The number of nitrogens with two attached hydrogens (primary N) is 1. The van der Waals surface area contributed by atoms with Crippen molar-refractivity contribution in [2.24, 2.45) is 0 Å². The molecule has 0 saturated carbocycles. The molecule has 1 aliphatic heterocycles. The fourth-order valence-electron chi connectivity index (χ4n) is 3.92. The van der Waals surface area contributed by atoms with Crippen molar-refractivity contribution in [3.05, 3.63) is 53.6 Å². The van der Waals surface area contributed by atoms with Gasteiger partial charge in [-0.3, -0.25) is 0 Å². The van der Waals surface area contributed by atoms with E-state index < -0.39 is 0 Å². The van der Waals surface area contributed by atoms with Crippen LogP contribution >= 0.6 is 11.6 Å². The van der Waals surface area contributed by atoms with E-state index >= 15 is 0 Å². The lowest BCUT2D eigenvalue weighted by molar-refractivity contribution is 0.414. The van der Waals surface area contributed by atoms with E-state index in [-0.39, 0.29) is 0 Å². The number of methoxy groups -OCH3 is 1. The zero-order chi connectivity index (χ0) is 22.1. The second-order valence-electron chi connectivity index (χ2n) is 7.66. The predicted octanol–water partition coefficient (Wildman–Crippen LogP) is 3.53. The average molecular weight is 450 g/mol. The van der Waals surface area contributed by atoms with E-state index in [0.717, 1.165) is 60.7 Å². The summed E-state index contributed by atoms with van der Waals surface area (Å²) in [7, 11) is 1.64. The van der Waals surface area contributed by atoms with Gasteiger partial charge in [-0.05, 0) is 49.4 Å². The fraction of sp³-hybridized carbons (Fsp3) is 0.261. The zero-order valence-electron chi connectivity index (χ0n) is 17.8. The van der Waals surface area contributed by atoms with Gasteiger partial charge in [-0.1, -0.05) is 23.7 Å². The van der Waals surface area contributed by atoms with Crippen molar-refractivity contribution in [3.8, 4) is 22.7 Å². The number of hydrogen-bond donors (Lipinski definition) is 2. The number of hydrogen-bond acceptors (Lipinski definition) is 7. The standard InChI is InChI=1S/C23H24ClN7O/c1-32-18-9-7-17(8-10-18)31-21(25)19-20(15-3-5-16(24)6-4-15)27-23(28-22(19)29-31)30-13-2-11-26-12-14-30/h3-10,26H,2,11-14,25H2,1H3. The predicted molar refractivity (Wildman–Crippen MR) is 128 cm³/mol. The van der Waals surface area contributed by atoms with Gasteiger partial charge >= 0.3 is 0 Å². The van der Waals surface area contributed by atoms with E-state index in [0.29, 0.717) is 22.4 Å². The van der Waals surface area contributed by atoms with Gasteiger partial charge in [0.2, 0.25) is 5.95 Å². The SMILES string of the molecule is COc1ccc(-n2nc3nc(N4CCCNCC4)nc(-c4ccc(Cl)cc4)c3c2N)cc1. The summed E-state index contributed by atoms with van der Waals surface area (Å²) in [5, 5.41) is 9.56. The molecule has 3 heterocycles. The minimum Gasteiger partial charge on any atom is -0.497 e. The molecule has 4 aromatic rings. The Labute approximate surface area is 191 Å². The van der Waals surface area contributed by atoms with Crippen LogP contribution in [0, 0.1) is 0 Å². The normalized spacial score (nSPS) is 14.5. The zero-order valence-corrected chi connectivity index (χ0v) is 18.5. The number of aromatic nitrogens is 4. The number of anilines is 2. The number of rotatable bonds is 4. The summed E-state index contributed by atoms with van der Waals surface area (Å²) in [5.41, 5.74) is 9.65. The van der Waals surface area contributed by atoms with Crippen LogP contribution in [0.2, 0.25) is 5.02 Å². The molecule has 0 unspecified atom stereocenters. The molecule has 0 spiro atoms. The van der Waals surface area contributed by atoms with Crippen LogP contribution in [0.1, 0.15) is 6.42 Å². The number of benzene rings is 2. The molecule has 1 saturated heterocycles. The molecule has 1 aliphatic rings. The van der Waals surface area contributed by atoms with Gasteiger partial charge in [0.25, 0.3) is 0 Å². The highest BCUT2D eigenvalue weighted by molar-refractivity contribution is 6.30. The third-order valence-electron chi connectivity index (χ3n) is 5.61. The third kappa shape index (κ3) is 3.83. The summed E-state index contributed by atoms with van der Waals surface area (Å²) in [6, 6.07) is 15.2. The van der Waals surface area contributed by atoms with E-state index in [1.165, 1.54) is 0 Å². The van der Waals surface area contributed by atoms with Crippen LogP contribution in [0.3, 0.4) is 0 Å². The molecule has 3 N–H and O–H groups in total. The maximum atomic E-state index is 6.60. The van der Waals surface area contributed by atoms with Crippen LogP contribution in [-0.4, -0.2) is 53.0 Å². The van der Waals surface area contributed by atoms with Gasteiger partial charge in [-0.15, -0.1) is 5.10 Å². The van der Waals surface area contributed by atoms with Crippen LogP contribution < -0.4 is 20.7 Å². The minimum atomic E-state index is 0.485. The molecule has 0 aliphatic carbocycles. The Morgan fingerprint density at radius 2 is 1.78 bits per heavy atom. The molecule has 164 valence electrons. The number of nitrogens with one attached hydrogen (secondary N) is 1. The Hall–Kier alpha value is -3.36. The largest absolute Gasteiger partial charge is 0.497 e. The second kappa shape index (κ2) is 8.64. The quantitative estimate of drug-likeness (QED) is 0.492. The van der Waals surface area contributed by atoms with Crippen LogP contribution in [0.25, 0.3) is 28.0 Å². The van der Waals surface area contributed by atoms with Crippen molar-refractivity contribution in [3.63, 3.8) is 0 Å². The maximum absolute atomic E-state index is 6.60. The maximum Gasteiger partial charge on any atom is 0.228 e. The molecule has 2 aromatic heterocycles. The summed E-state index contributed by atoms with van der Waals surface area (Å²) in [6.45, 7) is 3.59. The molecule has 0 radical (unpaired) electrons. The number of fused-ring (bicyclic) bond motifs is 1. The number of ether oxygens (including phenoxy) is 1. The summed E-state index contributed by atoms with van der Waals surface area (Å²) < 4.78 is 6.97. The Morgan fingerprint density at radius 3 is 2.53 bits per heavy atom. The van der Waals surface area contributed by atoms with E-state index in [1.54, 1.807) is 11.8 Å². The van der Waals surface area contributed by atoms with E-state index in [4.69, 9.17) is 37.1 Å². The number of halogens is 1. The Morgan fingerprint density at radius 1 is 1.00 bits per heavy atom. The molecule has 32 heavy (non-hydrogen) atoms. The minimum absolute atomic E-state index is 0.485. The number of nitrogen functional groups attached to an aromatic ring is 1. The molecular weight excluding hydrogens is 426 g/mol. The lowest BCUT2D eigenvalue weighted by Crippen LogP contribution is -2.29. The van der Waals surface area contributed by atoms with Gasteiger partial charge in [0.1, 0.15) is 11.6 Å². The average Bonchev–Trinajstić information content (AvgIpc) is 2.99. The lowest BCUT2D eigenvalue weighted by Gasteiger charge is -2.20. The van der Waals surface area contributed by atoms with Gasteiger partial charge < -0.3 is 20.7 Å². The Kier molecular flexibility index (Phi) is 5.55. The van der Waals surface area contributed by atoms with Crippen molar-refractivity contribution >= 4 is 34.4 Å². The van der Waals surface area contributed by atoms with Crippen LogP contribution in [0.15, 0.2) is 48.5 Å². The molecule has 9 heteroatoms. The monoisotopic (exact) mass is 449 g/mol. The lowest BCUT2D eigenvalue weighted by atomic mass is 10.1. The molecule has 0 atom stereocenters. The van der Waals surface area contributed by atoms with Gasteiger partial charge in [0, 0.05) is 30.2 Å². The first-order valence-electron chi connectivity index (χ1n) is 10.6. The van der Waals surface area contributed by atoms with Gasteiger partial charge in [-0.25, -0.2) is 9.67 Å². The first kappa shape index (κ1) is 20.5. The van der Waals surface area contributed by atoms with Crippen molar-refractivity contribution < 1.29 is 4.74 Å². The highest BCUT2D eigenvalue weighted by Crippen LogP contribution is 2.34. The fourth-order valence-corrected chi connectivity index (χ4v) is 4.05. The molecule has 2 aromatic carbocycles. The first-order chi connectivity index (χ1) is 15.6. The van der Waals surface area contributed by atoms with Gasteiger partial charge in [0.15, 0.2) is 5.65 Å². The molecule has 0 amide bonds. The first-order valence-corrected chi connectivity index (χ1v) is 10.9. The van der Waals surface area contributed by atoms with E-state index in [2.05, 4.69) is 10.2 Å². The van der Waals surface area contributed by atoms with E-state index in [1.807, 2.05) is 48.5 Å². The highest BCUT2D eigenvalue weighted by atomic mass is 35.5. The smallest absolute Gasteiger partial charge is 0.228 e. The molecule has 1 fully saturated rings. The van der Waals surface area contributed by atoms with Crippen LogP contribution in [0.4, 0.5) is 11.8 Å². The second-order valence-corrected chi connectivity index (χ2v) is 8.10. The van der Waals surface area contributed by atoms with Gasteiger partial charge in [0.05, 0.1) is 23.9 Å². The highest BCUT2D eigenvalue weighted by Gasteiger charge is 2.22. The third-order valence-corrected chi connectivity index (χ3v) is 5.87. The van der Waals surface area contributed by atoms with Crippen molar-refractivity contribution in [2.45, 2.75) is 6.42 Å². The van der Waals surface area contributed by atoms with Crippen molar-refractivity contribution in [1.29, 1.82) is 0 Å². The molecule has 0 bridgehead atoms. The van der Waals surface area contributed by atoms with Crippen LogP contribution in [0.5, 0.6) is 5.75 Å².